The largest absolute Gasteiger partial charge is 0.507 e. The van der Waals surface area contributed by atoms with Crippen LogP contribution in [-0.2, 0) is 4.79 Å². The number of methoxy groups -OCH3 is 2. The van der Waals surface area contributed by atoms with E-state index in [4.69, 9.17) is 21.1 Å². The van der Waals surface area contributed by atoms with Gasteiger partial charge in [0.25, 0.3) is 0 Å². The molecule has 2 aliphatic rings. The Bertz CT molecular complexity index is 1440. The molecule has 1 atom stereocenters. The van der Waals surface area contributed by atoms with Crippen LogP contribution in [0.3, 0.4) is 0 Å². The third-order valence-corrected chi connectivity index (χ3v) is 7.11. The number of ketones is 1. The molecule has 6 nitrogen and oxygen atoms in total. The summed E-state index contributed by atoms with van der Waals surface area (Å²) in [6.07, 6.45) is 1.67. The van der Waals surface area contributed by atoms with E-state index in [-0.39, 0.29) is 17.4 Å². The first-order valence-corrected chi connectivity index (χ1v) is 12.4. The number of benzene rings is 3. The average molecular weight is 515 g/mol. The van der Waals surface area contributed by atoms with E-state index in [0.717, 1.165) is 5.70 Å². The monoisotopic (exact) mass is 514 g/mol. The van der Waals surface area contributed by atoms with Crippen LogP contribution in [0.2, 0.25) is 5.02 Å². The topological polar surface area (TPSA) is 82.9 Å². The normalized spacial score (nSPS) is 19.0. The van der Waals surface area contributed by atoms with Crippen molar-refractivity contribution in [2.45, 2.75) is 25.2 Å². The van der Waals surface area contributed by atoms with Gasteiger partial charge >= 0.3 is 0 Å². The molecule has 7 heteroatoms. The molecule has 0 saturated carbocycles. The predicted molar refractivity (Wildman–Crippen MR) is 146 cm³/mol. The fraction of sp³-hybridized carbons (Fsp3) is 0.200. The number of ether oxygens (including phenoxy) is 2. The van der Waals surface area contributed by atoms with Crippen molar-refractivity contribution in [2.75, 3.05) is 19.1 Å². The molecule has 37 heavy (non-hydrogen) atoms. The van der Waals surface area contributed by atoms with Crippen LogP contribution in [0.5, 0.6) is 11.5 Å². The summed E-state index contributed by atoms with van der Waals surface area (Å²) < 4.78 is 11.2. The zero-order valence-corrected chi connectivity index (χ0v) is 21.4. The first kappa shape index (κ1) is 24.7. The van der Waals surface area contributed by atoms with Crippen molar-refractivity contribution < 1.29 is 19.4 Å². The number of allylic oxidation sites excluding steroid dienone is 2. The van der Waals surface area contributed by atoms with Gasteiger partial charge in [-0.2, -0.15) is 0 Å². The Morgan fingerprint density at radius 3 is 2.49 bits per heavy atom. The number of nitrogens with one attached hydrogen (secondary N) is 1. The fourth-order valence-corrected chi connectivity index (χ4v) is 5.40. The summed E-state index contributed by atoms with van der Waals surface area (Å²) in [5.74, 6) is 0.385. The first-order chi connectivity index (χ1) is 17.9. The summed E-state index contributed by atoms with van der Waals surface area (Å²) >= 11 is 6.34. The Hall–Kier alpha value is -4.03. The van der Waals surface area contributed by atoms with Gasteiger partial charge in [0.2, 0.25) is 0 Å². The highest BCUT2D eigenvalue weighted by molar-refractivity contribution is 6.31. The molecule has 188 valence electrons. The maximum absolute atomic E-state index is 13.7. The van der Waals surface area contributed by atoms with Crippen molar-refractivity contribution in [1.29, 1.82) is 5.41 Å². The molecule has 2 N–H and O–H groups in total. The third-order valence-electron chi connectivity index (χ3n) is 6.87. The van der Waals surface area contributed by atoms with Crippen molar-refractivity contribution in [3.05, 3.63) is 106 Å². The number of aliphatic hydroxyl groups excluding tert-OH is 1. The average Bonchev–Trinajstić information content (AvgIpc) is 2.92. The second-order valence-electron chi connectivity index (χ2n) is 8.97. The maximum atomic E-state index is 13.7. The molecule has 1 aliphatic heterocycles. The Labute approximate surface area is 220 Å². The molecule has 0 amide bonds. The van der Waals surface area contributed by atoms with Gasteiger partial charge in [0.15, 0.2) is 5.78 Å². The van der Waals surface area contributed by atoms with E-state index in [1.54, 1.807) is 55.5 Å². The van der Waals surface area contributed by atoms with Gasteiger partial charge in [0, 0.05) is 45.1 Å². The number of carbonyl (C=O) groups is 1. The minimum absolute atomic E-state index is 0.0194. The molecule has 0 bridgehead atoms. The lowest BCUT2D eigenvalue weighted by Crippen LogP contribution is -2.42. The predicted octanol–water partition coefficient (Wildman–Crippen LogP) is 6.91. The Kier molecular flexibility index (Phi) is 6.76. The van der Waals surface area contributed by atoms with Crippen LogP contribution < -0.4 is 14.4 Å². The molecule has 0 unspecified atom stereocenters. The number of hydrogen-bond donors (Lipinski definition) is 2. The van der Waals surface area contributed by atoms with E-state index in [1.807, 2.05) is 36.4 Å². The second-order valence-corrected chi connectivity index (χ2v) is 9.41. The summed E-state index contributed by atoms with van der Waals surface area (Å²) in [6.45, 7) is 0. The van der Waals surface area contributed by atoms with Gasteiger partial charge in [-0.3, -0.25) is 15.1 Å². The van der Waals surface area contributed by atoms with Crippen molar-refractivity contribution in [2.24, 2.45) is 0 Å². The second kappa shape index (κ2) is 10.1. The molecule has 0 spiro atoms. The highest BCUT2D eigenvalue weighted by Gasteiger charge is 2.44. The number of Topliss-reactive ketones (excluding diaryl/α,β-unsaturated/α-hetero) is 1. The van der Waals surface area contributed by atoms with E-state index < -0.39 is 5.92 Å². The lowest BCUT2D eigenvalue weighted by atomic mass is 9.73. The van der Waals surface area contributed by atoms with Crippen LogP contribution in [0, 0.1) is 5.41 Å². The van der Waals surface area contributed by atoms with Gasteiger partial charge in [-0.1, -0.05) is 48.0 Å². The van der Waals surface area contributed by atoms with Gasteiger partial charge < -0.3 is 14.6 Å². The Morgan fingerprint density at radius 1 is 1.00 bits per heavy atom. The number of aliphatic hydroxyl groups is 1. The minimum atomic E-state index is -0.726. The van der Waals surface area contributed by atoms with E-state index in [0.29, 0.717) is 63.7 Å². The van der Waals surface area contributed by atoms with Crippen molar-refractivity contribution >= 4 is 34.7 Å². The van der Waals surface area contributed by atoms with Crippen LogP contribution >= 0.6 is 11.6 Å². The number of halogens is 1. The molecule has 0 radical (unpaired) electrons. The summed E-state index contributed by atoms with van der Waals surface area (Å²) in [6, 6.07) is 21.7. The van der Waals surface area contributed by atoms with E-state index in [1.165, 1.54) is 0 Å². The quantitative estimate of drug-likeness (QED) is 0.361. The zero-order chi connectivity index (χ0) is 26.1. The van der Waals surface area contributed by atoms with Crippen molar-refractivity contribution in [1.82, 2.24) is 0 Å². The highest BCUT2D eigenvalue weighted by Crippen LogP contribution is 2.50. The summed E-state index contributed by atoms with van der Waals surface area (Å²) in [5.41, 5.74) is 3.46. The van der Waals surface area contributed by atoms with Gasteiger partial charge in [-0.15, -0.1) is 0 Å². The Balaban J connectivity index is 1.88. The molecular formula is C30H27ClN2O4. The van der Waals surface area contributed by atoms with Crippen LogP contribution in [0.1, 0.15) is 36.3 Å². The molecule has 3 aromatic rings. The molecule has 3 aromatic carbocycles. The third kappa shape index (κ3) is 4.38. The van der Waals surface area contributed by atoms with E-state index >= 15 is 0 Å². The van der Waals surface area contributed by atoms with Crippen LogP contribution in [-0.4, -0.2) is 30.9 Å². The number of amidine groups is 1. The van der Waals surface area contributed by atoms with Gasteiger partial charge in [-0.25, -0.2) is 0 Å². The molecule has 1 aliphatic carbocycles. The summed E-state index contributed by atoms with van der Waals surface area (Å²) in [7, 11) is 3.14. The SMILES string of the molecule is COc1ccc(OC)c([C@@H]2C3=C(CCCC3=O)N(c3cccc(Cl)c3)C(=N)/C2=C(/O)c2ccccc2)c1. The lowest BCUT2D eigenvalue weighted by Gasteiger charge is -2.42. The minimum Gasteiger partial charge on any atom is -0.507 e. The summed E-state index contributed by atoms with van der Waals surface area (Å²) in [4.78, 5) is 15.4. The van der Waals surface area contributed by atoms with Gasteiger partial charge in [0.1, 0.15) is 23.1 Å². The number of rotatable bonds is 5. The van der Waals surface area contributed by atoms with Crippen LogP contribution in [0.25, 0.3) is 5.76 Å². The molecular weight excluding hydrogens is 488 g/mol. The van der Waals surface area contributed by atoms with Crippen LogP contribution in [0.15, 0.2) is 89.6 Å². The van der Waals surface area contributed by atoms with E-state index in [2.05, 4.69) is 0 Å². The lowest BCUT2D eigenvalue weighted by molar-refractivity contribution is -0.116. The first-order valence-electron chi connectivity index (χ1n) is 12.1. The number of hydrogen-bond acceptors (Lipinski definition) is 5. The Morgan fingerprint density at radius 2 is 1.78 bits per heavy atom. The molecule has 5 rings (SSSR count). The molecule has 0 saturated heterocycles. The smallest absolute Gasteiger partial charge is 0.161 e. The van der Waals surface area contributed by atoms with E-state index in [9.17, 15) is 15.3 Å². The standard InChI is InChI=1S/C30H27ClN2O4/c1-36-21-14-15-25(37-2)22(17-21)26-27-23(12-7-13-24(27)34)33(20-11-6-10-19(31)16-20)30(32)28(26)29(35)18-8-4-3-5-9-18/h3-6,8-11,14-17,26,32,35H,7,12-13H2,1-2H3/b29-28+,32-30?/t26-/m1/s1. The molecule has 0 fully saturated rings. The fourth-order valence-electron chi connectivity index (χ4n) is 5.22. The van der Waals surface area contributed by atoms with Crippen molar-refractivity contribution in [3.8, 4) is 11.5 Å². The zero-order valence-electron chi connectivity index (χ0n) is 20.6. The maximum Gasteiger partial charge on any atom is 0.161 e. The summed E-state index contributed by atoms with van der Waals surface area (Å²) in [5, 5.41) is 21.7. The number of carbonyl (C=O) groups excluding carboxylic acids is 1. The molecule has 0 aromatic heterocycles. The number of anilines is 1. The van der Waals surface area contributed by atoms with Gasteiger partial charge in [0.05, 0.1) is 20.1 Å². The van der Waals surface area contributed by atoms with Gasteiger partial charge in [-0.05, 0) is 49.2 Å². The highest BCUT2D eigenvalue weighted by atomic mass is 35.5. The van der Waals surface area contributed by atoms with Crippen molar-refractivity contribution in [3.63, 3.8) is 0 Å². The van der Waals surface area contributed by atoms with Crippen LogP contribution in [0.4, 0.5) is 5.69 Å². The number of nitrogens with zero attached hydrogens (tertiary/aromatic N) is 1. The molecule has 1 heterocycles.